The van der Waals surface area contributed by atoms with Crippen LogP contribution in [0.1, 0.15) is 41.6 Å². The zero-order valence-corrected chi connectivity index (χ0v) is 12.7. The molecule has 1 heterocycles. The Morgan fingerprint density at radius 1 is 1.22 bits per heavy atom. The second-order valence-electron chi connectivity index (χ2n) is 6.03. The lowest BCUT2D eigenvalue weighted by molar-refractivity contribution is -0.147. The molecule has 1 aromatic carbocycles. The van der Waals surface area contributed by atoms with Crippen LogP contribution in [0.25, 0.3) is 5.70 Å². The van der Waals surface area contributed by atoms with E-state index in [1.807, 2.05) is 0 Å². The fraction of sp³-hybridized carbons (Fsp3) is 0.353. The van der Waals surface area contributed by atoms with Crippen LogP contribution in [-0.2, 0) is 9.59 Å². The van der Waals surface area contributed by atoms with Crippen molar-refractivity contribution < 1.29 is 19.5 Å². The smallest absolute Gasteiger partial charge is 0.329 e. The number of hydrogen-bond donors (Lipinski definition) is 2. The van der Waals surface area contributed by atoms with Crippen LogP contribution in [0.5, 0.6) is 0 Å². The fourth-order valence-corrected chi connectivity index (χ4v) is 3.32. The van der Waals surface area contributed by atoms with E-state index in [4.69, 9.17) is 0 Å². The average Bonchev–Trinajstić information content (AvgIpc) is 3.08. The Morgan fingerprint density at radius 3 is 2.39 bits per heavy atom. The van der Waals surface area contributed by atoms with Crippen LogP contribution in [0.15, 0.2) is 30.8 Å². The van der Waals surface area contributed by atoms with E-state index in [0.717, 1.165) is 12.8 Å². The fourth-order valence-electron chi connectivity index (χ4n) is 3.32. The van der Waals surface area contributed by atoms with Gasteiger partial charge in [0.15, 0.2) is 0 Å². The van der Waals surface area contributed by atoms with E-state index in [1.165, 1.54) is 4.90 Å². The number of fused-ring (bicyclic) bond motifs is 1. The monoisotopic (exact) mass is 314 g/mol. The predicted octanol–water partition coefficient (Wildman–Crippen LogP) is 1.63. The summed E-state index contributed by atoms with van der Waals surface area (Å²) in [6.45, 7) is 3.65. The molecular weight excluding hydrogens is 296 g/mol. The number of rotatable bonds is 4. The molecule has 2 N–H and O–H groups in total. The summed E-state index contributed by atoms with van der Waals surface area (Å²) in [7, 11) is 0. The first-order chi connectivity index (χ1) is 10.9. The van der Waals surface area contributed by atoms with Crippen LogP contribution in [-0.4, -0.2) is 39.9 Å². The van der Waals surface area contributed by atoms with Gasteiger partial charge in [-0.1, -0.05) is 37.6 Å². The van der Waals surface area contributed by atoms with Crippen LogP contribution >= 0.6 is 0 Å². The molecule has 1 aromatic rings. The highest BCUT2D eigenvalue weighted by molar-refractivity contribution is 6.10. The highest BCUT2D eigenvalue weighted by Crippen LogP contribution is 2.32. The molecule has 0 saturated heterocycles. The lowest BCUT2D eigenvalue weighted by atomic mass is 9.98. The molecule has 1 fully saturated rings. The molecule has 1 aliphatic carbocycles. The SMILES string of the molecule is C=C1c2ccccc2C(=O)N1CC(=O)NC1(C(=O)O)CCCC1. The molecule has 1 saturated carbocycles. The second-order valence-corrected chi connectivity index (χ2v) is 6.03. The van der Waals surface area contributed by atoms with Crippen LogP contribution in [0.2, 0.25) is 0 Å². The number of carbonyl (C=O) groups is 3. The largest absolute Gasteiger partial charge is 0.480 e. The van der Waals surface area contributed by atoms with Crippen molar-refractivity contribution in [1.82, 2.24) is 10.2 Å². The summed E-state index contributed by atoms with van der Waals surface area (Å²) in [5.74, 6) is -1.77. The van der Waals surface area contributed by atoms with Gasteiger partial charge in [-0.15, -0.1) is 0 Å². The van der Waals surface area contributed by atoms with Gasteiger partial charge in [-0.25, -0.2) is 4.79 Å². The van der Waals surface area contributed by atoms with Crippen molar-refractivity contribution in [2.24, 2.45) is 0 Å². The number of nitrogens with one attached hydrogen (secondary N) is 1. The van der Waals surface area contributed by atoms with E-state index in [2.05, 4.69) is 11.9 Å². The summed E-state index contributed by atoms with van der Waals surface area (Å²) >= 11 is 0. The van der Waals surface area contributed by atoms with Crippen molar-refractivity contribution >= 4 is 23.5 Å². The van der Waals surface area contributed by atoms with E-state index in [-0.39, 0.29) is 12.5 Å². The standard InChI is InChI=1S/C17H18N2O4/c1-11-12-6-2-3-7-13(12)15(21)19(11)10-14(20)18-17(16(22)23)8-4-5-9-17/h2-3,6-7H,1,4-5,8-10H2,(H,18,20)(H,22,23). The van der Waals surface area contributed by atoms with Gasteiger partial charge < -0.3 is 10.4 Å². The summed E-state index contributed by atoms with van der Waals surface area (Å²) in [5, 5.41) is 12.0. The van der Waals surface area contributed by atoms with Gasteiger partial charge in [-0.3, -0.25) is 14.5 Å². The minimum atomic E-state index is -1.20. The zero-order valence-electron chi connectivity index (χ0n) is 12.7. The van der Waals surface area contributed by atoms with E-state index < -0.39 is 17.4 Å². The molecule has 0 spiro atoms. The summed E-state index contributed by atoms with van der Waals surface area (Å²) in [4.78, 5) is 37.4. The molecule has 0 unspecified atom stereocenters. The molecule has 0 radical (unpaired) electrons. The number of carboxylic acid groups (broad SMARTS) is 1. The number of aliphatic carboxylic acids is 1. The molecule has 0 aromatic heterocycles. The third kappa shape index (κ3) is 2.50. The van der Waals surface area contributed by atoms with Crippen molar-refractivity contribution in [3.8, 4) is 0 Å². The molecule has 2 amide bonds. The number of benzene rings is 1. The van der Waals surface area contributed by atoms with E-state index in [9.17, 15) is 19.5 Å². The van der Waals surface area contributed by atoms with Crippen molar-refractivity contribution in [3.63, 3.8) is 0 Å². The summed E-state index contributed by atoms with van der Waals surface area (Å²) in [6, 6.07) is 7.03. The minimum absolute atomic E-state index is 0.221. The van der Waals surface area contributed by atoms with Crippen molar-refractivity contribution in [2.75, 3.05) is 6.54 Å². The van der Waals surface area contributed by atoms with E-state index in [1.54, 1.807) is 24.3 Å². The topological polar surface area (TPSA) is 86.7 Å². The maximum absolute atomic E-state index is 12.4. The maximum Gasteiger partial charge on any atom is 0.329 e. The first-order valence-corrected chi connectivity index (χ1v) is 7.59. The number of hydrogen-bond acceptors (Lipinski definition) is 3. The maximum atomic E-state index is 12.4. The normalized spacial score (nSPS) is 18.9. The van der Waals surface area contributed by atoms with Gasteiger partial charge in [0, 0.05) is 16.8 Å². The molecule has 1 aliphatic heterocycles. The van der Waals surface area contributed by atoms with Crippen molar-refractivity contribution in [1.29, 1.82) is 0 Å². The second kappa shape index (κ2) is 5.53. The van der Waals surface area contributed by atoms with Crippen LogP contribution in [0.3, 0.4) is 0 Å². The molecule has 6 nitrogen and oxygen atoms in total. The molecule has 120 valence electrons. The van der Waals surface area contributed by atoms with Crippen LogP contribution in [0, 0.1) is 0 Å². The molecule has 2 aliphatic rings. The van der Waals surface area contributed by atoms with Gasteiger partial charge in [0.05, 0.1) is 0 Å². The number of nitrogens with zero attached hydrogens (tertiary/aromatic N) is 1. The molecule has 0 bridgehead atoms. The molecule has 0 atom stereocenters. The van der Waals surface area contributed by atoms with E-state index in [0.29, 0.717) is 29.7 Å². The number of amides is 2. The van der Waals surface area contributed by atoms with Crippen LogP contribution < -0.4 is 5.32 Å². The van der Waals surface area contributed by atoms with Gasteiger partial charge in [-0.05, 0) is 18.9 Å². The third-order valence-corrected chi connectivity index (χ3v) is 4.59. The minimum Gasteiger partial charge on any atom is -0.480 e. The first kappa shape index (κ1) is 15.3. The lowest BCUT2D eigenvalue weighted by Gasteiger charge is -2.27. The Bertz CT molecular complexity index is 669. The summed E-state index contributed by atoms with van der Waals surface area (Å²) < 4.78 is 0. The van der Waals surface area contributed by atoms with Gasteiger partial charge in [0.1, 0.15) is 12.1 Å². The summed E-state index contributed by atoms with van der Waals surface area (Å²) in [5.41, 5.74) is 0.489. The van der Waals surface area contributed by atoms with Gasteiger partial charge >= 0.3 is 5.97 Å². The van der Waals surface area contributed by atoms with E-state index >= 15 is 0 Å². The number of carboxylic acids is 1. The Morgan fingerprint density at radius 2 is 1.83 bits per heavy atom. The highest BCUT2D eigenvalue weighted by atomic mass is 16.4. The Hall–Kier alpha value is -2.63. The van der Waals surface area contributed by atoms with Crippen molar-refractivity contribution in [2.45, 2.75) is 31.2 Å². The van der Waals surface area contributed by atoms with Crippen molar-refractivity contribution in [3.05, 3.63) is 42.0 Å². The first-order valence-electron chi connectivity index (χ1n) is 7.59. The lowest BCUT2D eigenvalue weighted by Crippen LogP contribution is -2.54. The van der Waals surface area contributed by atoms with Gasteiger partial charge in [-0.2, -0.15) is 0 Å². The van der Waals surface area contributed by atoms with Gasteiger partial charge in [0.25, 0.3) is 5.91 Å². The Kier molecular flexibility index (Phi) is 3.67. The molecular formula is C17H18N2O4. The summed E-state index contributed by atoms with van der Waals surface area (Å²) in [6.07, 6.45) is 2.38. The Balaban J connectivity index is 1.73. The highest BCUT2D eigenvalue weighted by Gasteiger charge is 2.43. The number of carbonyl (C=O) groups excluding carboxylic acids is 2. The molecule has 23 heavy (non-hydrogen) atoms. The molecule has 6 heteroatoms. The average molecular weight is 314 g/mol. The predicted molar refractivity (Wildman–Crippen MR) is 83.5 cm³/mol. The third-order valence-electron chi connectivity index (χ3n) is 4.59. The Labute approximate surface area is 133 Å². The quantitative estimate of drug-likeness (QED) is 0.884. The molecule has 3 rings (SSSR count). The van der Waals surface area contributed by atoms with Gasteiger partial charge in [0.2, 0.25) is 5.91 Å². The van der Waals surface area contributed by atoms with Crippen LogP contribution in [0.4, 0.5) is 0 Å². The zero-order chi connectivity index (χ0) is 16.6.